The summed E-state index contributed by atoms with van der Waals surface area (Å²) < 4.78 is 5.74. The van der Waals surface area contributed by atoms with Crippen LogP contribution in [0, 0.1) is 79.0 Å². The molecule has 0 amide bonds. The Labute approximate surface area is 509 Å². The Kier molecular flexibility index (Phi) is 21.1. The van der Waals surface area contributed by atoms with Gasteiger partial charge >= 0.3 is 58.4 Å². The summed E-state index contributed by atoms with van der Waals surface area (Å²) in [6.07, 6.45) is 0. The summed E-state index contributed by atoms with van der Waals surface area (Å²) in [7, 11) is 2.03. The maximum atomic E-state index is 5.74. The Hall–Kier alpha value is -6.79. The number of amidine groups is 1. The largest absolute Gasteiger partial charge is 2.00 e. The molecule has 0 fully saturated rings. The van der Waals surface area contributed by atoms with Crippen LogP contribution in [-0.2, 0) is 63.2 Å². The van der Waals surface area contributed by atoms with Crippen LogP contribution < -0.4 is 15.0 Å². The molecule has 0 aliphatic carbocycles. The van der Waals surface area contributed by atoms with Gasteiger partial charge in [0.1, 0.15) is 5.84 Å². The zero-order valence-corrected chi connectivity index (χ0v) is 50.5. The summed E-state index contributed by atoms with van der Waals surface area (Å²) >= 11 is 1.66. The van der Waals surface area contributed by atoms with Crippen LogP contribution >= 0.6 is 11.8 Å². The van der Waals surface area contributed by atoms with Crippen molar-refractivity contribution in [3.8, 4) is 33.4 Å². The minimum Gasteiger partial charge on any atom is -0.625 e. The Morgan fingerprint density at radius 1 is 0.405 bits per heavy atom. The van der Waals surface area contributed by atoms with Crippen molar-refractivity contribution in [2.24, 2.45) is 15.3 Å². The first kappa shape index (κ1) is 59.9. The fraction of sp³-hybridized carbons (Fsp3) is 0.104. The number of ether oxygens (including phenoxy) is 1. The molecule has 12 rings (SSSR count). The van der Waals surface area contributed by atoms with Crippen molar-refractivity contribution in [3.05, 3.63) is 288 Å². The summed E-state index contributed by atoms with van der Waals surface area (Å²) in [5.74, 6) is 3.61. The Morgan fingerprint density at radius 3 is 1.20 bits per heavy atom. The normalized spacial score (nSPS) is 13.2. The number of thioether (sulfide) groups is 1. The molecule has 3 aliphatic heterocycles. The fourth-order valence-corrected chi connectivity index (χ4v) is 10.5. The van der Waals surface area contributed by atoms with Crippen molar-refractivity contribution >= 4 is 45.6 Å². The van der Waals surface area contributed by atoms with E-state index in [4.69, 9.17) is 14.9 Å². The van der Waals surface area contributed by atoms with E-state index >= 15 is 0 Å². The summed E-state index contributed by atoms with van der Waals surface area (Å²) in [6.45, 7) is 16.4. The molecule has 8 nitrogen and oxygen atoms in total. The number of anilines is 3. The van der Waals surface area contributed by atoms with Crippen LogP contribution in [0.3, 0.4) is 0 Å². The summed E-state index contributed by atoms with van der Waals surface area (Å²) in [5, 5.41) is 20.7. The van der Waals surface area contributed by atoms with Crippen molar-refractivity contribution in [3.63, 3.8) is 0 Å². The van der Waals surface area contributed by atoms with Gasteiger partial charge in [-0.05, 0) is 115 Å². The molecule has 399 valence electrons. The van der Waals surface area contributed by atoms with Gasteiger partial charge in [-0.15, -0.1) is 24.9 Å². The average Bonchev–Trinajstić information content (AvgIpc) is 4.24. The predicted molar refractivity (Wildman–Crippen MR) is 316 cm³/mol. The van der Waals surface area contributed by atoms with E-state index < -0.39 is 0 Å². The molecule has 3 radical (unpaired) electrons. The summed E-state index contributed by atoms with van der Waals surface area (Å²) in [4.78, 5) is 2.07. The first-order valence-corrected chi connectivity index (χ1v) is 26.1. The maximum absolute atomic E-state index is 5.74. The number of hydrogen-bond donors (Lipinski definition) is 0. The van der Waals surface area contributed by atoms with E-state index in [-0.39, 0.29) is 58.4 Å². The monoisotopic (exact) mass is 1320 g/mol. The van der Waals surface area contributed by atoms with E-state index in [1.165, 1.54) is 66.8 Å². The number of rotatable bonds is 9. The summed E-state index contributed by atoms with van der Waals surface area (Å²) in [5.41, 5.74) is 20.8. The van der Waals surface area contributed by atoms with E-state index in [0.29, 0.717) is 5.90 Å². The molecule has 3 aliphatic rings. The van der Waals surface area contributed by atoms with Gasteiger partial charge in [-0.1, -0.05) is 151 Å². The standard InChI is InChI=1S/C23H21N3.C22H18N2O.C22H18N2S.3Rh/c1-17-14-20(19-10-6-4-7-11-19)15-18(2)22(17)23-24-26(16-25(23)3)21-12-8-5-9-13-21;2*1-16-13-19(18-9-5-3-6-10-18)14-17(2)21(16)22-23-24(15-25-22)20-11-7-4-8-12-20;;;/h4-12,14-16H,1-3H3;2*3-11,13-15H,1-2H3;;;/q3*-2;3*+2. The number of hydrazone groups is 3. The third kappa shape index (κ3) is 14.2. The van der Waals surface area contributed by atoms with Crippen molar-refractivity contribution in [2.75, 3.05) is 22.1 Å². The third-order valence-corrected chi connectivity index (χ3v) is 13.9. The topological polar surface area (TPSA) is 59.3 Å². The first-order valence-electron chi connectivity index (χ1n) is 25.2. The third-order valence-electron chi connectivity index (χ3n) is 13.1. The molecule has 0 saturated heterocycles. The van der Waals surface area contributed by atoms with Crippen LogP contribution in [0.4, 0.5) is 17.1 Å². The molecule has 12 heteroatoms. The molecule has 79 heavy (non-hydrogen) atoms. The molecule has 9 aromatic carbocycles. The number of hydrogen-bond acceptors (Lipinski definition) is 9. The van der Waals surface area contributed by atoms with E-state index in [1.807, 2.05) is 121 Å². The number of aryl methyl sites for hydroxylation is 6. The average molecular weight is 1320 g/mol. The van der Waals surface area contributed by atoms with Gasteiger partial charge in [0, 0.05) is 16.7 Å². The van der Waals surface area contributed by atoms with Crippen LogP contribution in [0.25, 0.3) is 33.4 Å². The molecule has 0 bridgehead atoms. The zero-order valence-electron chi connectivity index (χ0n) is 44.7. The Balaban J connectivity index is 0.000000168. The van der Waals surface area contributed by atoms with E-state index in [2.05, 4.69) is 179 Å². The molecule has 0 aromatic heterocycles. The van der Waals surface area contributed by atoms with Gasteiger partial charge in [-0.2, -0.15) is 88.9 Å². The van der Waals surface area contributed by atoms with Crippen LogP contribution in [0.5, 0.6) is 0 Å². The minimum atomic E-state index is 0. The van der Waals surface area contributed by atoms with Crippen LogP contribution in [-0.4, -0.2) is 28.7 Å². The van der Waals surface area contributed by atoms with E-state index in [9.17, 15) is 0 Å². The first-order chi connectivity index (χ1) is 37.1. The SMILES string of the molecule is Cc1cc(-c2ccccc2)cc(C)c1C1=NN(c2[c-]cccc2)[CH-]N1C.Cc1cc(-c2ccccc2)cc(C)c1C1=NN(c2[c-]cccc2)[CH-]O1.Cc1cc(-c2ccccc2)cc(C)c1C1=NN(c2[c-]cccc2)[CH-]S1.[Rh+2].[Rh+2].[Rh+2]. The van der Waals surface area contributed by atoms with Gasteiger partial charge in [0.25, 0.3) is 0 Å². The zero-order chi connectivity index (χ0) is 52.5. The van der Waals surface area contributed by atoms with Gasteiger partial charge < -0.3 is 24.7 Å². The number of nitrogens with zero attached hydrogens (tertiary/aromatic N) is 7. The molecule has 3 heterocycles. The second-order valence-corrected chi connectivity index (χ2v) is 19.6. The van der Waals surface area contributed by atoms with Crippen LogP contribution in [0.2, 0.25) is 0 Å². The Morgan fingerprint density at radius 2 is 0.785 bits per heavy atom. The van der Waals surface area contributed by atoms with Crippen LogP contribution in [0.15, 0.2) is 215 Å². The smallest absolute Gasteiger partial charge is 0.625 e. The molecule has 0 saturated carbocycles. The molecule has 0 spiro atoms. The van der Waals surface area contributed by atoms with Crippen molar-refractivity contribution in [1.29, 1.82) is 0 Å². The molecule has 0 N–H and O–H groups in total. The Bertz CT molecular complexity index is 3330. The summed E-state index contributed by atoms with van der Waals surface area (Å²) in [6, 6.07) is 77.8. The maximum Gasteiger partial charge on any atom is 2.00 e. The second kappa shape index (κ2) is 27.9. The van der Waals surface area contributed by atoms with Gasteiger partial charge in [0.2, 0.25) is 5.90 Å². The quantitative estimate of drug-likeness (QED) is 0.106. The molecule has 9 aromatic rings. The van der Waals surface area contributed by atoms with E-state index in [0.717, 1.165) is 44.6 Å². The predicted octanol–water partition coefficient (Wildman–Crippen LogP) is 15.9. The van der Waals surface area contributed by atoms with Gasteiger partial charge in [0.15, 0.2) is 0 Å². The number of para-hydroxylation sites is 3. The van der Waals surface area contributed by atoms with Gasteiger partial charge in [0.05, 0.1) is 5.04 Å². The van der Waals surface area contributed by atoms with Crippen LogP contribution in [0.1, 0.15) is 50.1 Å². The van der Waals surface area contributed by atoms with E-state index in [1.54, 1.807) is 23.5 Å². The van der Waals surface area contributed by atoms with Crippen molar-refractivity contribution < 1.29 is 63.2 Å². The van der Waals surface area contributed by atoms with Crippen molar-refractivity contribution in [1.82, 2.24) is 4.90 Å². The number of benzene rings is 9. The van der Waals surface area contributed by atoms with Gasteiger partial charge in [-0.25, -0.2) is 5.10 Å². The van der Waals surface area contributed by atoms with Gasteiger partial charge in [-0.3, -0.25) is 11.8 Å². The molecule has 0 atom stereocenters. The second-order valence-electron chi connectivity index (χ2n) is 18.7. The molecular weight excluding hydrogens is 1260 g/mol. The molecule has 0 unspecified atom stereocenters. The minimum absolute atomic E-state index is 0. The van der Waals surface area contributed by atoms with Crippen molar-refractivity contribution in [2.45, 2.75) is 41.5 Å². The molecular formula is C67H57N7ORh3S. The fourth-order valence-electron chi connectivity index (χ4n) is 9.58.